The van der Waals surface area contributed by atoms with E-state index < -0.39 is 11.9 Å². The average Bonchev–Trinajstić information content (AvgIpc) is 3.00. The minimum absolute atomic E-state index is 0.186. The van der Waals surface area contributed by atoms with Crippen LogP contribution in [0.3, 0.4) is 0 Å². The summed E-state index contributed by atoms with van der Waals surface area (Å²) in [6, 6.07) is 6.66. The molecule has 0 fully saturated rings. The molecule has 0 amide bonds. The van der Waals surface area contributed by atoms with E-state index in [-0.39, 0.29) is 5.56 Å². The summed E-state index contributed by atoms with van der Waals surface area (Å²) in [6.07, 6.45) is 2.76. The smallest absolute Gasteiger partial charge is 0.339 e. The number of aromatic carboxylic acids is 1. The number of hydrogen-bond donors (Lipinski definition) is 1. The van der Waals surface area contributed by atoms with Crippen LogP contribution >= 0.6 is 0 Å². The van der Waals surface area contributed by atoms with Crippen molar-refractivity contribution in [3.8, 4) is 17.0 Å². The Kier molecular flexibility index (Phi) is 4.79. The van der Waals surface area contributed by atoms with Crippen LogP contribution in [0.2, 0.25) is 0 Å². The maximum atomic E-state index is 12.1. The lowest BCUT2D eigenvalue weighted by Gasteiger charge is -2.20. The van der Waals surface area contributed by atoms with Gasteiger partial charge in [-0.1, -0.05) is 0 Å². The molecule has 0 radical (unpaired) electrons. The largest absolute Gasteiger partial charge is 0.494 e. The third kappa shape index (κ3) is 3.12. The summed E-state index contributed by atoms with van der Waals surface area (Å²) in [5, 5.41) is 9.57. The zero-order chi connectivity index (χ0) is 18.0. The van der Waals surface area contributed by atoms with Crippen LogP contribution in [0.4, 0.5) is 0 Å². The molecule has 0 saturated heterocycles. The molecular weight excluding hydrogens is 322 g/mol. The molecule has 1 aliphatic heterocycles. The number of carbonyl (C=O) groups is 2. The number of methoxy groups -OCH3 is 1. The number of esters is 1. The molecule has 1 N–H and O–H groups in total. The molecule has 1 aliphatic rings. The number of rotatable bonds is 5. The van der Waals surface area contributed by atoms with E-state index in [0.717, 1.165) is 31.5 Å². The molecule has 2 aromatic rings. The van der Waals surface area contributed by atoms with Gasteiger partial charge in [0, 0.05) is 17.8 Å². The number of ether oxygens (including phenoxy) is 2. The van der Waals surface area contributed by atoms with Gasteiger partial charge in [0.2, 0.25) is 0 Å². The highest BCUT2D eigenvalue weighted by Gasteiger charge is 2.26. The van der Waals surface area contributed by atoms with Gasteiger partial charge < -0.3 is 19.1 Å². The Bertz CT molecular complexity index is 821. The molecule has 25 heavy (non-hydrogen) atoms. The maximum absolute atomic E-state index is 12.1. The van der Waals surface area contributed by atoms with E-state index in [1.165, 1.54) is 7.11 Å². The van der Waals surface area contributed by atoms with Crippen LogP contribution in [0, 0.1) is 0 Å². The first-order valence-electron chi connectivity index (χ1n) is 8.38. The fraction of sp³-hybridized carbons (Fsp3) is 0.368. The van der Waals surface area contributed by atoms with Crippen LogP contribution in [-0.4, -0.2) is 35.3 Å². The van der Waals surface area contributed by atoms with Crippen molar-refractivity contribution >= 4 is 11.9 Å². The first kappa shape index (κ1) is 17.1. The van der Waals surface area contributed by atoms with E-state index in [1.54, 1.807) is 24.3 Å². The molecule has 0 unspecified atom stereocenters. The van der Waals surface area contributed by atoms with Crippen molar-refractivity contribution < 1.29 is 24.2 Å². The van der Waals surface area contributed by atoms with Gasteiger partial charge in [0.25, 0.3) is 0 Å². The minimum Gasteiger partial charge on any atom is -0.494 e. The second kappa shape index (κ2) is 7.01. The number of carboxylic acids is 1. The van der Waals surface area contributed by atoms with Gasteiger partial charge >= 0.3 is 11.9 Å². The molecule has 3 rings (SSSR count). The maximum Gasteiger partial charge on any atom is 0.339 e. The highest BCUT2D eigenvalue weighted by atomic mass is 16.5. The second-order valence-corrected chi connectivity index (χ2v) is 5.94. The van der Waals surface area contributed by atoms with Gasteiger partial charge in [0.1, 0.15) is 5.75 Å². The van der Waals surface area contributed by atoms with Crippen LogP contribution in [0.15, 0.2) is 24.3 Å². The number of fused-ring (bicyclic) bond motifs is 1. The molecule has 132 valence electrons. The Balaban J connectivity index is 2.21. The molecule has 0 bridgehead atoms. The van der Waals surface area contributed by atoms with E-state index in [2.05, 4.69) is 0 Å². The van der Waals surface area contributed by atoms with E-state index in [1.807, 2.05) is 11.5 Å². The quantitative estimate of drug-likeness (QED) is 0.842. The van der Waals surface area contributed by atoms with Crippen molar-refractivity contribution in [1.29, 1.82) is 0 Å². The van der Waals surface area contributed by atoms with Crippen molar-refractivity contribution in [1.82, 2.24) is 4.57 Å². The van der Waals surface area contributed by atoms with Crippen molar-refractivity contribution in [2.24, 2.45) is 0 Å². The number of benzene rings is 1. The first-order chi connectivity index (χ1) is 12.1. The molecule has 0 saturated carbocycles. The van der Waals surface area contributed by atoms with E-state index in [0.29, 0.717) is 29.2 Å². The van der Waals surface area contributed by atoms with Crippen LogP contribution in [-0.2, 0) is 17.7 Å². The lowest BCUT2D eigenvalue weighted by atomic mass is 10.0. The van der Waals surface area contributed by atoms with Crippen LogP contribution in [0.1, 0.15) is 46.2 Å². The third-order valence-electron chi connectivity index (χ3n) is 4.47. The molecule has 6 heteroatoms. The second-order valence-electron chi connectivity index (χ2n) is 5.94. The Morgan fingerprint density at radius 1 is 1.20 bits per heavy atom. The topological polar surface area (TPSA) is 77.8 Å². The molecule has 0 spiro atoms. The molecule has 0 atom stereocenters. The number of carbonyl (C=O) groups excluding carboxylic acids is 1. The fourth-order valence-electron chi connectivity index (χ4n) is 3.36. The van der Waals surface area contributed by atoms with Crippen molar-refractivity contribution in [3.05, 3.63) is 41.1 Å². The molecular formula is C19H21NO5. The van der Waals surface area contributed by atoms with Crippen molar-refractivity contribution in [3.63, 3.8) is 0 Å². The van der Waals surface area contributed by atoms with Gasteiger partial charge in [-0.3, -0.25) is 0 Å². The zero-order valence-corrected chi connectivity index (χ0v) is 14.4. The van der Waals surface area contributed by atoms with Gasteiger partial charge in [-0.15, -0.1) is 0 Å². The Labute approximate surface area is 146 Å². The lowest BCUT2D eigenvalue weighted by Crippen LogP contribution is -2.14. The number of carboxylic acid groups (broad SMARTS) is 1. The summed E-state index contributed by atoms with van der Waals surface area (Å²) in [6.45, 7) is 3.12. The third-order valence-corrected chi connectivity index (χ3v) is 4.47. The zero-order valence-electron chi connectivity index (χ0n) is 14.4. The number of nitrogens with zero attached hydrogens (tertiary/aromatic N) is 1. The summed E-state index contributed by atoms with van der Waals surface area (Å²) in [4.78, 5) is 23.8. The normalized spacial score (nSPS) is 13.2. The standard InChI is InChI=1S/C19H21NO5/c1-3-25-12-7-8-13(18(21)22)14(10-12)17-11-15(19(23)24-2)16-6-4-5-9-20(16)17/h7-8,10-11H,3-6,9H2,1-2H3,(H,21,22). The van der Waals surface area contributed by atoms with E-state index in [4.69, 9.17) is 9.47 Å². The summed E-state index contributed by atoms with van der Waals surface area (Å²) >= 11 is 0. The molecule has 2 heterocycles. The van der Waals surface area contributed by atoms with Gasteiger partial charge in [-0.25, -0.2) is 9.59 Å². The predicted molar refractivity (Wildman–Crippen MR) is 92.3 cm³/mol. The molecule has 1 aromatic heterocycles. The molecule has 1 aromatic carbocycles. The van der Waals surface area contributed by atoms with Gasteiger partial charge in [-0.05, 0) is 50.5 Å². The highest BCUT2D eigenvalue weighted by molar-refractivity contribution is 5.98. The van der Waals surface area contributed by atoms with Crippen LogP contribution < -0.4 is 4.74 Å². The number of aromatic nitrogens is 1. The average molecular weight is 343 g/mol. The Morgan fingerprint density at radius 2 is 2.00 bits per heavy atom. The lowest BCUT2D eigenvalue weighted by molar-refractivity contribution is 0.0598. The highest BCUT2D eigenvalue weighted by Crippen LogP contribution is 2.34. The summed E-state index contributed by atoms with van der Waals surface area (Å²) < 4.78 is 12.5. The summed E-state index contributed by atoms with van der Waals surface area (Å²) in [5.41, 5.74) is 2.87. The summed E-state index contributed by atoms with van der Waals surface area (Å²) in [7, 11) is 1.35. The van der Waals surface area contributed by atoms with Gasteiger partial charge in [0.05, 0.1) is 30.5 Å². The summed E-state index contributed by atoms with van der Waals surface area (Å²) in [5.74, 6) is -0.799. The SMILES string of the molecule is CCOc1ccc(C(=O)O)c(-c2cc(C(=O)OC)c3n2CCCC3)c1. The monoisotopic (exact) mass is 343 g/mol. The van der Waals surface area contributed by atoms with E-state index >= 15 is 0 Å². The van der Waals surface area contributed by atoms with Gasteiger partial charge in [-0.2, -0.15) is 0 Å². The molecule has 6 nitrogen and oxygen atoms in total. The number of hydrogen-bond acceptors (Lipinski definition) is 4. The van der Waals surface area contributed by atoms with Crippen molar-refractivity contribution in [2.45, 2.75) is 32.7 Å². The molecule has 0 aliphatic carbocycles. The van der Waals surface area contributed by atoms with Crippen LogP contribution in [0.5, 0.6) is 5.75 Å². The fourth-order valence-corrected chi connectivity index (χ4v) is 3.36. The van der Waals surface area contributed by atoms with Crippen LogP contribution in [0.25, 0.3) is 11.3 Å². The minimum atomic E-state index is -1.01. The van der Waals surface area contributed by atoms with E-state index in [9.17, 15) is 14.7 Å². The van der Waals surface area contributed by atoms with Gasteiger partial charge in [0.15, 0.2) is 0 Å². The van der Waals surface area contributed by atoms with Crippen molar-refractivity contribution in [2.75, 3.05) is 13.7 Å². The Morgan fingerprint density at radius 3 is 2.68 bits per heavy atom. The first-order valence-corrected chi connectivity index (χ1v) is 8.38. The Hall–Kier alpha value is -2.76. The predicted octanol–water partition coefficient (Wildman–Crippen LogP) is 3.37.